The van der Waals surface area contributed by atoms with E-state index in [0.717, 1.165) is 12.8 Å². The highest BCUT2D eigenvalue weighted by atomic mass is 16.5. The van der Waals surface area contributed by atoms with E-state index in [1.54, 1.807) is 30.5 Å². The van der Waals surface area contributed by atoms with Gasteiger partial charge in [0.05, 0.1) is 13.4 Å². The Balaban J connectivity index is 1.59. The number of methoxy groups -OCH3 is 1. The zero-order valence-corrected chi connectivity index (χ0v) is 13.6. The lowest BCUT2D eigenvalue weighted by atomic mass is 10.0. The van der Waals surface area contributed by atoms with Crippen LogP contribution in [0.25, 0.3) is 6.08 Å². The predicted octanol–water partition coefficient (Wildman–Crippen LogP) is 2.74. The Morgan fingerprint density at radius 2 is 2.04 bits per heavy atom. The number of piperidine rings is 1. The number of furan rings is 1. The van der Waals surface area contributed by atoms with Crippen LogP contribution in [0.5, 0.6) is 0 Å². The minimum atomic E-state index is -0.333. The second kappa shape index (κ2) is 7.21. The van der Waals surface area contributed by atoms with Crippen LogP contribution in [-0.4, -0.2) is 41.5 Å². The molecule has 0 N–H and O–H groups in total. The summed E-state index contributed by atoms with van der Waals surface area (Å²) < 4.78 is 11.9. The van der Waals surface area contributed by atoms with Crippen LogP contribution in [0.4, 0.5) is 0 Å². The predicted molar refractivity (Wildman–Crippen MR) is 88.4 cm³/mol. The highest BCUT2D eigenvalue weighted by Crippen LogP contribution is 2.25. The first-order chi connectivity index (χ1) is 11.7. The van der Waals surface area contributed by atoms with Crippen molar-refractivity contribution in [1.29, 1.82) is 0 Å². The van der Waals surface area contributed by atoms with E-state index in [-0.39, 0.29) is 17.9 Å². The van der Waals surface area contributed by atoms with E-state index in [4.69, 9.17) is 9.15 Å². The van der Waals surface area contributed by atoms with Gasteiger partial charge in [-0.1, -0.05) is 0 Å². The SMILES string of the molecule is COC(=O)c1cccn1C1CCN(C(=O)C=Cc2ccco2)CC1. The van der Waals surface area contributed by atoms with Crippen molar-refractivity contribution in [2.75, 3.05) is 20.2 Å². The fraction of sp³-hybridized carbons (Fsp3) is 0.333. The summed E-state index contributed by atoms with van der Waals surface area (Å²) in [5.41, 5.74) is 0.556. The van der Waals surface area contributed by atoms with Crippen LogP contribution in [0.15, 0.2) is 47.2 Å². The van der Waals surface area contributed by atoms with Gasteiger partial charge in [-0.3, -0.25) is 4.79 Å². The smallest absolute Gasteiger partial charge is 0.354 e. The number of esters is 1. The van der Waals surface area contributed by atoms with Crippen LogP contribution in [0, 0.1) is 0 Å². The molecule has 3 heterocycles. The van der Waals surface area contributed by atoms with E-state index in [9.17, 15) is 9.59 Å². The number of nitrogens with zero attached hydrogens (tertiary/aromatic N) is 2. The Morgan fingerprint density at radius 1 is 1.25 bits per heavy atom. The molecule has 1 aliphatic rings. The van der Waals surface area contributed by atoms with Crippen LogP contribution in [0.1, 0.15) is 35.1 Å². The van der Waals surface area contributed by atoms with Gasteiger partial charge in [0, 0.05) is 31.4 Å². The lowest BCUT2D eigenvalue weighted by Crippen LogP contribution is -2.38. The highest BCUT2D eigenvalue weighted by Gasteiger charge is 2.25. The average Bonchev–Trinajstić information content (AvgIpc) is 3.30. The van der Waals surface area contributed by atoms with Gasteiger partial charge < -0.3 is 18.6 Å². The quantitative estimate of drug-likeness (QED) is 0.639. The van der Waals surface area contributed by atoms with Gasteiger partial charge >= 0.3 is 5.97 Å². The van der Waals surface area contributed by atoms with Crippen molar-refractivity contribution in [3.63, 3.8) is 0 Å². The summed E-state index contributed by atoms with van der Waals surface area (Å²) in [5, 5.41) is 0. The van der Waals surface area contributed by atoms with Gasteiger partial charge in [-0.25, -0.2) is 4.79 Å². The number of hydrogen-bond acceptors (Lipinski definition) is 4. The molecule has 126 valence electrons. The molecule has 0 radical (unpaired) electrons. The molecule has 0 aromatic carbocycles. The van der Waals surface area contributed by atoms with E-state index in [1.165, 1.54) is 13.2 Å². The van der Waals surface area contributed by atoms with Crippen LogP contribution in [0.3, 0.4) is 0 Å². The van der Waals surface area contributed by atoms with Crippen molar-refractivity contribution in [3.8, 4) is 0 Å². The average molecular weight is 328 g/mol. The van der Waals surface area contributed by atoms with Crippen LogP contribution < -0.4 is 0 Å². The summed E-state index contributed by atoms with van der Waals surface area (Å²) in [7, 11) is 1.38. The Bertz CT molecular complexity index is 722. The normalized spacial score (nSPS) is 15.8. The molecule has 0 spiro atoms. The molecule has 3 rings (SSSR count). The third-order valence-electron chi connectivity index (χ3n) is 4.28. The standard InChI is InChI=1S/C18H20N2O4/c1-23-18(22)16-5-2-10-20(16)14-8-11-19(12-9-14)17(21)7-6-15-4-3-13-24-15/h2-7,10,13-14H,8-9,11-12H2,1H3. The van der Waals surface area contributed by atoms with Crippen molar-refractivity contribution in [2.45, 2.75) is 18.9 Å². The van der Waals surface area contributed by atoms with Gasteiger partial charge in [0.1, 0.15) is 11.5 Å². The number of carbonyl (C=O) groups excluding carboxylic acids is 2. The first-order valence-electron chi connectivity index (χ1n) is 7.94. The van der Waals surface area contributed by atoms with Gasteiger partial charge in [-0.2, -0.15) is 0 Å². The monoisotopic (exact) mass is 328 g/mol. The molecule has 2 aromatic rings. The molecule has 1 saturated heterocycles. The number of ether oxygens (including phenoxy) is 1. The molecule has 0 aliphatic carbocycles. The molecule has 1 fully saturated rings. The Kier molecular flexibility index (Phi) is 4.84. The molecule has 0 atom stereocenters. The zero-order valence-electron chi connectivity index (χ0n) is 13.6. The molecular formula is C18H20N2O4. The first-order valence-corrected chi connectivity index (χ1v) is 7.94. The molecule has 0 unspecified atom stereocenters. The van der Waals surface area contributed by atoms with Gasteiger partial charge in [0.25, 0.3) is 0 Å². The minimum Gasteiger partial charge on any atom is -0.465 e. The number of likely N-dealkylation sites (tertiary alicyclic amines) is 1. The number of rotatable bonds is 4. The Hall–Kier alpha value is -2.76. The lowest BCUT2D eigenvalue weighted by molar-refractivity contribution is -0.127. The molecule has 1 aliphatic heterocycles. The largest absolute Gasteiger partial charge is 0.465 e. The molecule has 1 amide bonds. The summed E-state index contributed by atoms with van der Waals surface area (Å²) in [6.45, 7) is 1.32. The van der Waals surface area contributed by atoms with Crippen LogP contribution in [-0.2, 0) is 9.53 Å². The summed E-state index contributed by atoms with van der Waals surface area (Å²) >= 11 is 0. The fourth-order valence-corrected chi connectivity index (χ4v) is 3.00. The van der Waals surface area contributed by atoms with E-state index in [1.807, 2.05) is 21.7 Å². The van der Waals surface area contributed by atoms with E-state index < -0.39 is 0 Å². The minimum absolute atomic E-state index is 0.0226. The summed E-state index contributed by atoms with van der Waals surface area (Å²) in [5.74, 6) is 0.304. The maximum Gasteiger partial charge on any atom is 0.354 e. The van der Waals surface area contributed by atoms with Crippen molar-refractivity contribution >= 4 is 18.0 Å². The third-order valence-corrected chi connectivity index (χ3v) is 4.28. The molecule has 0 saturated carbocycles. The molecule has 2 aromatic heterocycles. The molecule has 6 heteroatoms. The van der Waals surface area contributed by atoms with Gasteiger partial charge in [-0.15, -0.1) is 0 Å². The van der Waals surface area contributed by atoms with Gasteiger partial charge in [0.15, 0.2) is 0 Å². The fourth-order valence-electron chi connectivity index (χ4n) is 3.00. The molecule has 0 bridgehead atoms. The van der Waals surface area contributed by atoms with E-state index in [0.29, 0.717) is 24.5 Å². The second-order valence-electron chi connectivity index (χ2n) is 5.70. The number of amides is 1. The van der Waals surface area contributed by atoms with Crippen molar-refractivity contribution in [3.05, 3.63) is 54.3 Å². The highest BCUT2D eigenvalue weighted by molar-refractivity contribution is 5.91. The number of carbonyl (C=O) groups is 2. The summed E-state index contributed by atoms with van der Waals surface area (Å²) in [6.07, 6.45) is 8.29. The number of aromatic nitrogens is 1. The molecular weight excluding hydrogens is 308 g/mol. The Labute approximate surface area is 140 Å². The summed E-state index contributed by atoms with van der Waals surface area (Å²) in [4.78, 5) is 25.8. The van der Waals surface area contributed by atoms with E-state index in [2.05, 4.69) is 0 Å². The molecule has 6 nitrogen and oxygen atoms in total. The van der Waals surface area contributed by atoms with Gasteiger partial charge in [0.2, 0.25) is 5.91 Å². The maximum absolute atomic E-state index is 12.2. The summed E-state index contributed by atoms with van der Waals surface area (Å²) in [6, 6.07) is 7.39. The Morgan fingerprint density at radius 3 is 2.71 bits per heavy atom. The van der Waals surface area contributed by atoms with Crippen molar-refractivity contribution in [2.24, 2.45) is 0 Å². The topological polar surface area (TPSA) is 64.7 Å². The van der Waals surface area contributed by atoms with Crippen LogP contribution >= 0.6 is 0 Å². The lowest BCUT2D eigenvalue weighted by Gasteiger charge is -2.32. The zero-order chi connectivity index (χ0) is 16.9. The maximum atomic E-state index is 12.2. The van der Waals surface area contributed by atoms with Gasteiger partial charge in [-0.05, 0) is 43.2 Å². The first kappa shape index (κ1) is 16.1. The third kappa shape index (κ3) is 3.42. The van der Waals surface area contributed by atoms with Crippen LogP contribution in [0.2, 0.25) is 0 Å². The second-order valence-corrected chi connectivity index (χ2v) is 5.70. The van der Waals surface area contributed by atoms with Crippen molar-refractivity contribution < 1.29 is 18.7 Å². The van der Waals surface area contributed by atoms with E-state index >= 15 is 0 Å². The van der Waals surface area contributed by atoms with Crippen molar-refractivity contribution in [1.82, 2.24) is 9.47 Å². The molecule has 24 heavy (non-hydrogen) atoms. The number of hydrogen-bond donors (Lipinski definition) is 0.